The molecule has 0 bridgehead atoms. The maximum atomic E-state index is 12.8. The molecule has 0 aliphatic heterocycles. The molecular weight excluding hydrogens is 263 g/mol. The Kier molecular flexibility index (Phi) is 4.02. The average molecular weight is 278 g/mol. The molecule has 1 fully saturated rings. The Bertz CT molecular complexity index is 559. The molecule has 5 nitrogen and oxygen atoms in total. The van der Waals surface area contributed by atoms with Crippen LogP contribution in [0.1, 0.15) is 6.42 Å². The van der Waals surface area contributed by atoms with E-state index in [4.69, 9.17) is 4.74 Å². The minimum Gasteiger partial charge on any atom is -0.494 e. The van der Waals surface area contributed by atoms with Crippen LogP contribution in [0.4, 0.5) is 15.8 Å². The number of hydrogen-bond acceptors (Lipinski definition) is 3. The van der Waals surface area contributed by atoms with Gasteiger partial charge in [0.05, 0.1) is 18.7 Å². The molecule has 20 heavy (non-hydrogen) atoms. The quantitative estimate of drug-likeness (QED) is 0.811. The first-order valence-corrected chi connectivity index (χ1v) is 6.11. The minimum absolute atomic E-state index is 0.274. The molecule has 1 aliphatic rings. The number of methoxy groups -OCH3 is 1. The Hall–Kier alpha value is -2.37. The second-order valence-electron chi connectivity index (χ2n) is 4.46. The van der Waals surface area contributed by atoms with Crippen LogP contribution in [0.3, 0.4) is 0 Å². The van der Waals surface area contributed by atoms with Crippen LogP contribution < -0.4 is 15.4 Å². The fourth-order valence-electron chi connectivity index (χ4n) is 1.73. The number of halogens is 1. The SMILES string of the molecule is C=CC(=O)Nc1ccc(NC(=O)[C@H]2C[C@H]2F)cc1OC. The molecule has 1 saturated carbocycles. The molecule has 0 saturated heterocycles. The zero-order valence-corrected chi connectivity index (χ0v) is 11.0. The summed E-state index contributed by atoms with van der Waals surface area (Å²) in [6.45, 7) is 3.36. The van der Waals surface area contributed by atoms with Gasteiger partial charge in [0.1, 0.15) is 11.9 Å². The summed E-state index contributed by atoms with van der Waals surface area (Å²) in [6.07, 6.45) is 0.378. The molecule has 0 spiro atoms. The first kappa shape index (κ1) is 14.0. The van der Waals surface area contributed by atoms with Crippen molar-refractivity contribution < 1.29 is 18.7 Å². The van der Waals surface area contributed by atoms with Gasteiger partial charge in [-0.05, 0) is 24.6 Å². The minimum atomic E-state index is -1.04. The molecule has 2 atom stereocenters. The lowest BCUT2D eigenvalue weighted by Crippen LogP contribution is -2.15. The fourth-order valence-corrected chi connectivity index (χ4v) is 1.73. The van der Waals surface area contributed by atoms with Crippen LogP contribution in [-0.2, 0) is 9.59 Å². The molecule has 6 heteroatoms. The number of carbonyl (C=O) groups excluding carboxylic acids is 2. The molecule has 106 valence electrons. The molecule has 2 amide bonds. The zero-order valence-electron chi connectivity index (χ0n) is 11.0. The Morgan fingerprint density at radius 2 is 2.15 bits per heavy atom. The highest BCUT2D eigenvalue weighted by atomic mass is 19.1. The molecular formula is C14H15FN2O3. The summed E-state index contributed by atoms with van der Waals surface area (Å²) < 4.78 is 17.9. The topological polar surface area (TPSA) is 67.4 Å². The van der Waals surface area contributed by atoms with Gasteiger partial charge < -0.3 is 15.4 Å². The predicted octanol–water partition coefficient (Wildman–Crippen LogP) is 2.12. The monoisotopic (exact) mass is 278 g/mol. The van der Waals surface area contributed by atoms with E-state index in [0.717, 1.165) is 6.08 Å². The van der Waals surface area contributed by atoms with E-state index >= 15 is 0 Å². The van der Waals surface area contributed by atoms with Crippen molar-refractivity contribution >= 4 is 23.2 Å². The summed E-state index contributed by atoms with van der Waals surface area (Å²) >= 11 is 0. The Labute approximate surface area is 115 Å². The number of anilines is 2. The van der Waals surface area contributed by atoms with Gasteiger partial charge >= 0.3 is 0 Å². The van der Waals surface area contributed by atoms with Gasteiger partial charge in [-0.15, -0.1) is 0 Å². The van der Waals surface area contributed by atoms with Crippen molar-refractivity contribution in [2.45, 2.75) is 12.6 Å². The second-order valence-corrected chi connectivity index (χ2v) is 4.46. The van der Waals surface area contributed by atoms with Crippen LogP contribution in [0.5, 0.6) is 5.75 Å². The van der Waals surface area contributed by atoms with Crippen LogP contribution in [0, 0.1) is 5.92 Å². The third-order valence-corrected chi connectivity index (χ3v) is 2.96. The van der Waals surface area contributed by atoms with Gasteiger partial charge in [0, 0.05) is 11.8 Å². The number of hydrogen-bond donors (Lipinski definition) is 2. The van der Waals surface area contributed by atoms with Gasteiger partial charge in [-0.1, -0.05) is 6.58 Å². The van der Waals surface area contributed by atoms with Gasteiger partial charge in [-0.3, -0.25) is 9.59 Å². The molecule has 0 radical (unpaired) electrons. The smallest absolute Gasteiger partial charge is 0.247 e. The van der Waals surface area contributed by atoms with Crippen LogP contribution in [0.15, 0.2) is 30.9 Å². The molecule has 1 aromatic rings. The number of rotatable bonds is 5. The Morgan fingerprint density at radius 1 is 1.45 bits per heavy atom. The van der Waals surface area contributed by atoms with E-state index in [9.17, 15) is 14.0 Å². The third-order valence-electron chi connectivity index (χ3n) is 2.96. The number of amides is 2. The van der Waals surface area contributed by atoms with Gasteiger partial charge in [0.15, 0.2) is 0 Å². The first-order valence-electron chi connectivity index (χ1n) is 6.11. The van der Waals surface area contributed by atoms with E-state index in [1.165, 1.54) is 7.11 Å². The lowest BCUT2D eigenvalue weighted by molar-refractivity contribution is -0.117. The highest BCUT2D eigenvalue weighted by molar-refractivity contribution is 6.00. The molecule has 0 aromatic heterocycles. The van der Waals surface area contributed by atoms with Crippen molar-refractivity contribution in [3.05, 3.63) is 30.9 Å². The van der Waals surface area contributed by atoms with E-state index < -0.39 is 12.1 Å². The maximum Gasteiger partial charge on any atom is 0.247 e. The summed E-state index contributed by atoms with van der Waals surface area (Å²) in [7, 11) is 1.45. The van der Waals surface area contributed by atoms with Crippen molar-refractivity contribution in [3.63, 3.8) is 0 Å². The van der Waals surface area contributed by atoms with Crippen molar-refractivity contribution in [1.82, 2.24) is 0 Å². The van der Waals surface area contributed by atoms with Crippen LogP contribution in [0.2, 0.25) is 0 Å². The average Bonchev–Trinajstić information content (AvgIpc) is 3.17. The largest absolute Gasteiger partial charge is 0.494 e. The summed E-state index contributed by atoms with van der Waals surface area (Å²) in [5.74, 6) is -0.868. The van der Waals surface area contributed by atoms with Crippen molar-refractivity contribution in [2.24, 2.45) is 5.92 Å². The van der Waals surface area contributed by atoms with Crippen LogP contribution in [0.25, 0.3) is 0 Å². The van der Waals surface area contributed by atoms with Gasteiger partial charge in [0.2, 0.25) is 11.8 Å². The van der Waals surface area contributed by atoms with E-state index in [1.54, 1.807) is 18.2 Å². The fraction of sp³-hybridized carbons (Fsp3) is 0.286. The highest BCUT2D eigenvalue weighted by Gasteiger charge is 2.43. The zero-order chi connectivity index (χ0) is 14.7. The third kappa shape index (κ3) is 3.14. The lowest BCUT2D eigenvalue weighted by atomic mass is 10.2. The number of ether oxygens (including phenoxy) is 1. The number of alkyl halides is 1. The summed E-state index contributed by atoms with van der Waals surface area (Å²) in [6, 6.07) is 4.76. The second kappa shape index (κ2) is 5.73. The lowest BCUT2D eigenvalue weighted by Gasteiger charge is -2.11. The van der Waals surface area contributed by atoms with Gasteiger partial charge in [0.25, 0.3) is 0 Å². The van der Waals surface area contributed by atoms with E-state index in [2.05, 4.69) is 17.2 Å². The van der Waals surface area contributed by atoms with E-state index in [1.807, 2.05) is 0 Å². The van der Waals surface area contributed by atoms with Crippen molar-refractivity contribution in [3.8, 4) is 5.75 Å². The molecule has 0 unspecified atom stereocenters. The van der Waals surface area contributed by atoms with E-state index in [-0.39, 0.29) is 18.2 Å². The Balaban J connectivity index is 2.10. The van der Waals surface area contributed by atoms with Crippen LogP contribution in [-0.4, -0.2) is 25.1 Å². The van der Waals surface area contributed by atoms with Gasteiger partial charge in [-0.2, -0.15) is 0 Å². The molecule has 1 aliphatic carbocycles. The molecule has 2 rings (SSSR count). The van der Waals surface area contributed by atoms with Crippen LogP contribution >= 0.6 is 0 Å². The predicted molar refractivity (Wildman–Crippen MR) is 73.5 cm³/mol. The van der Waals surface area contributed by atoms with Crippen molar-refractivity contribution in [1.29, 1.82) is 0 Å². The highest BCUT2D eigenvalue weighted by Crippen LogP contribution is 2.35. The first-order chi connectivity index (χ1) is 9.55. The van der Waals surface area contributed by atoms with E-state index in [0.29, 0.717) is 17.1 Å². The molecule has 1 aromatic carbocycles. The Morgan fingerprint density at radius 3 is 2.70 bits per heavy atom. The van der Waals surface area contributed by atoms with Crippen molar-refractivity contribution in [2.75, 3.05) is 17.7 Å². The normalized spacial score (nSPS) is 19.9. The molecule has 0 heterocycles. The number of nitrogens with one attached hydrogen (secondary N) is 2. The summed E-state index contributed by atoms with van der Waals surface area (Å²) in [5, 5.41) is 5.19. The number of carbonyl (C=O) groups is 2. The maximum absolute atomic E-state index is 12.8. The number of benzene rings is 1. The molecule has 2 N–H and O–H groups in total. The summed E-state index contributed by atoms with van der Waals surface area (Å²) in [5.41, 5.74) is 0.952. The standard InChI is InChI=1S/C14H15FN2O3/c1-3-13(18)17-11-5-4-8(6-12(11)20-2)16-14(19)9-7-10(9)15/h3-6,9-10H,1,7H2,2H3,(H,16,19)(H,17,18)/t9-,10+/m0/s1. The van der Waals surface area contributed by atoms with Gasteiger partial charge in [-0.25, -0.2) is 4.39 Å². The summed E-state index contributed by atoms with van der Waals surface area (Å²) in [4.78, 5) is 22.9.